The molecule has 0 aromatic carbocycles. The first kappa shape index (κ1) is 16.3. The van der Waals surface area contributed by atoms with Gasteiger partial charge in [-0.25, -0.2) is 0 Å². The third-order valence-electron chi connectivity index (χ3n) is 5.66. The largest absolute Gasteiger partial charge is 0.314 e. The molecule has 0 radical (unpaired) electrons. The lowest BCUT2D eigenvalue weighted by Gasteiger charge is -2.38. The van der Waals surface area contributed by atoms with Crippen molar-refractivity contribution in [3.8, 4) is 0 Å². The molecule has 2 saturated carbocycles. The molecule has 0 unspecified atom stereocenters. The third-order valence-corrected chi connectivity index (χ3v) is 5.66. The summed E-state index contributed by atoms with van der Waals surface area (Å²) in [5.74, 6) is 0. The minimum atomic E-state index is 0.597. The Kier molecular flexibility index (Phi) is 6.35. The van der Waals surface area contributed by atoms with Crippen molar-refractivity contribution in [1.29, 1.82) is 0 Å². The lowest BCUT2D eigenvalue weighted by atomic mass is 9.75. The number of hydrogen-bond donors (Lipinski definition) is 1. The average Bonchev–Trinajstić information content (AvgIpc) is 2.44. The second-order valence-corrected chi connectivity index (χ2v) is 8.02. The SMILES string of the molecule is CN(CCCNC1CCCCC1)C1CCC(C)(C)CC1. The molecule has 20 heavy (non-hydrogen) atoms. The van der Waals surface area contributed by atoms with Crippen LogP contribution in [0.4, 0.5) is 0 Å². The lowest BCUT2D eigenvalue weighted by Crippen LogP contribution is -2.39. The highest BCUT2D eigenvalue weighted by molar-refractivity contribution is 4.83. The zero-order chi connectivity index (χ0) is 14.4. The Hall–Kier alpha value is -0.0800. The standard InChI is InChI=1S/C18H36N2/c1-18(2)12-10-17(11-13-18)20(3)15-7-14-19-16-8-5-4-6-9-16/h16-17,19H,4-15H2,1-3H3. The van der Waals surface area contributed by atoms with Gasteiger partial charge in [0, 0.05) is 12.1 Å². The van der Waals surface area contributed by atoms with Crippen LogP contribution in [0.2, 0.25) is 0 Å². The Bertz CT molecular complexity index is 259. The van der Waals surface area contributed by atoms with E-state index in [1.807, 2.05) is 0 Å². The van der Waals surface area contributed by atoms with Crippen LogP contribution in [0.15, 0.2) is 0 Å². The molecule has 2 heteroatoms. The van der Waals surface area contributed by atoms with E-state index in [1.54, 1.807) is 0 Å². The van der Waals surface area contributed by atoms with Gasteiger partial charge in [-0.1, -0.05) is 33.1 Å². The van der Waals surface area contributed by atoms with Gasteiger partial charge in [-0.3, -0.25) is 0 Å². The number of nitrogens with zero attached hydrogens (tertiary/aromatic N) is 1. The molecular formula is C18H36N2. The van der Waals surface area contributed by atoms with Crippen molar-refractivity contribution >= 4 is 0 Å². The fourth-order valence-electron chi connectivity index (χ4n) is 3.95. The molecule has 0 heterocycles. The maximum Gasteiger partial charge on any atom is 0.00926 e. The minimum Gasteiger partial charge on any atom is -0.314 e. The van der Waals surface area contributed by atoms with Crippen molar-refractivity contribution in [1.82, 2.24) is 10.2 Å². The first-order valence-electron chi connectivity index (χ1n) is 9.00. The van der Waals surface area contributed by atoms with Crippen molar-refractivity contribution < 1.29 is 0 Å². The molecule has 0 atom stereocenters. The summed E-state index contributed by atoms with van der Waals surface area (Å²) < 4.78 is 0. The van der Waals surface area contributed by atoms with E-state index in [4.69, 9.17) is 0 Å². The number of hydrogen-bond acceptors (Lipinski definition) is 2. The number of nitrogens with one attached hydrogen (secondary N) is 1. The van der Waals surface area contributed by atoms with E-state index < -0.39 is 0 Å². The monoisotopic (exact) mass is 280 g/mol. The van der Waals surface area contributed by atoms with Crippen LogP contribution in [-0.2, 0) is 0 Å². The molecule has 2 fully saturated rings. The Morgan fingerprint density at radius 2 is 1.65 bits per heavy atom. The van der Waals surface area contributed by atoms with Crippen LogP contribution >= 0.6 is 0 Å². The molecule has 1 N–H and O–H groups in total. The first-order valence-corrected chi connectivity index (χ1v) is 9.00. The van der Waals surface area contributed by atoms with Crippen LogP contribution in [0.5, 0.6) is 0 Å². The summed E-state index contributed by atoms with van der Waals surface area (Å²) in [6.45, 7) is 7.34. The maximum atomic E-state index is 3.77. The number of rotatable bonds is 6. The van der Waals surface area contributed by atoms with Crippen LogP contribution in [0.3, 0.4) is 0 Å². The van der Waals surface area contributed by atoms with Crippen LogP contribution < -0.4 is 5.32 Å². The molecule has 0 spiro atoms. The van der Waals surface area contributed by atoms with Gasteiger partial charge in [-0.15, -0.1) is 0 Å². The Balaban J connectivity index is 1.55. The van der Waals surface area contributed by atoms with Gasteiger partial charge in [0.1, 0.15) is 0 Å². The smallest absolute Gasteiger partial charge is 0.00926 e. The van der Waals surface area contributed by atoms with Crippen LogP contribution in [0, 0.1) is 5.41 Å². The highest BCUT2D eigenvalue weighted by Gasteiger charge is 2.28. The van der Waals surface area contributed by atoms with E-state index >= 15 is 0 Å². The molecule has 2 aliphatic carbocycles. The highest BCUT2D eigenvalue weighted by atomic mass is 15.1. The normalized spacial score (nSPS) is 25.2. The van der Waals surface area contributed by atoms with Crippen molar-refractivity contribution in [2.45, 2.75) is 90.1 Å². The van der Waals surface area contributed by atoms with Crippen LogP contribution in [0.1, 0.15) is 78.1 Å². The summed E-state index contributed by atoms with van der Waals surface area (Å²) in [6, 6.07) is 1.67. The second-order valence-electron chi connectivity index (χ2n) is 8.02. The van der Waals surface area contributed by atoms with Crippen molar-refractivity contribution in [3.05, 3.63) is 0 Å². The Labute approximate surface area is 126 Å². The third kappa shape index (κ3) is 5.37. The summed E-state index contributed by atoms with van der Waals surface area (Å²) >= 11 is 0. The van der Waals surface area contributed by atoms with Crippen LogP contribution in [0.25, 0.3) is 0 Å². The summed E-state index contributed by atoms with van der Waals surface area (Å²) in [6.07, 6.45) is 14.1. The van der Waals surface area contributed by atoms with Gasteiger partial charge in [0.15, 0.2) is 0 Å². The quantitative estimate of drug-likeness (QED) is 0.734. The predicted octanol–water partition coefficient (Wildman–Crippen LogP) is 4.20. The fourth-order valence-corrected chi connectivity index (χ4v) is 3.95. The highest BCUT2D eigenvalue weighted by Crippen LogP contribution is 2.36. The van der Waals surface area contributed by atoms with Gasteiger partial charge in [0.2, 0.25) is 0 Å². The average molecular weight is 280 g/mol. The molecule has 2 rings (SSSR count). The van der Waals surface area contributed by atoms with E-state index in [1.165, 1.54) is 77.3 Å². The molecule has 2 aliphatic rings. The predicted molar refractivity (Wildman–Crippen MR) is 88.2 cm³/mol. The summed E-state index contributed by atoms with van der Waals surface area (Å²) in [4.78, 5) is 2.62. The Morgan fingerprint density at radius 3 is 2.30 bits per heavy atom. The van der Waals surface area contributed by atoms with E-state index in [-0.39, 0.29) is 0 Å². The first-order chi connectivity index (χ1) is 9.57. The molecule has 0 aromatic rings. The molecular weight excluding hydrogens is 244 g/mol. The second kappa shape index (κ2) is 7.79. The van der Waals surface area contributed by atoms with Gasteiger partial charge in [-0.2, -0.15) is 0 Å². The van der Waals surface area contributed by atoms with E-state index in [0.717, 1.165) is 12.1 Å². The summed E-state index contributed by atoms with van der Waals surface area (Å²) in [5, 5.41) is 3.77. The minimum absolute atomic E-state index is 0.597. The van der Waals surface area contributed by atoms with Gasteiger partial charge < -0.3 is 10.2 Å². The van der Waals surface area contributed by atoms with Gasteiger partial charge in [-0.05, 0) is 70.5 Å². The molecule has 0 aromatic heterocycles. The molecule has 0 saturated heterocycles. The zero-order valence-electron chi connectivity index (χ0n) is 14.1. The van der Waals surface area contributed by atoms with Gasteiger partial charge in [0.25, 0.3) is 0 Å². The molecule has 0 aliphatic heterocycles. The van der Waals surface area contributed by atoms with Gasteiger partial charge >= 0.3 is 0 Å². The van der Waals surface area contributed by atoms with E-state index in [2.05, 4.69) is 31.1 Å². The fraction of sp³-hybridized carbons (Fsp3) is 1.00. The summed E-state index contributed by atoms with van der Waals surface area (Å²) in [5.41, 5.74) is 0.597. The van der Waals surface area contributed by atoms with Crippen molar-refractivity contribution in [2.75, 3.05) is 20.1 Å². The zero-order valence-corrected chi connectivity index (χ0v) is 14.1. The van der Waals surface area contributed by atoms with E-state index in [0.29, 0.717) is 5.41 Å². The Morgan fingerprint density at radius 1 is 1.00 bits per heavy atom. The van der Waals surface area contributed by atoms with Crippen molar-refractivity contribution in [3.63, 3.8) is 0 Å². The van der Waals surface area contributed by atoms with E-state index in [9.17, 15) is 0 Å². The topological polar surface area (TPSA) is 15.3 Å². The maximum absolute atomic E-state index is 3.77. The molecule has 0 bridgehead atoms. The van der Waals surface area contributed by atoms with Crippen LogP contribution in [-0.4, -0.2) is 37.1 Å². The molecule has 118 valence electrons. The van der Waals surface area contributed by atoms with Gasteiger partial charge in [0.05, 0.1) is 0 Å². The van der Waals surface area contributed by atoms with Crippen molar-refractivity contribution in [2.24, 2.45) is 5.41 Å². The summed E-state index contributed by atoms with van der Waals surface area (Å²) in [7, 11) is 2.34. The molecule has 2 nitrogen and oxygen atoms in total. The molecule has 0 amide bonds. The lowest BCUT2D eigenvalue weighted by molar-refractivity contribution is 0.126.